The maximum absolute atomic E-state index is 13.2. The van der Waals surface area contributed by atoms with Crippen molar-refractivity contribution >= 4 is 33.2 Å². The zero-order valence-electron chi connectivity index (χ0n) is 21.7. The van der Waals surface area contributed by atoms with E-state index in [0.29, 0.717) is 17.8 Å². The SMILES string of the molecule is CC1=CC[C@@H](c2ccc3sc(CO)nc3c2)NC(=O)C[C@H](O)C(C)(C)C(=O)[C@H](C)[C@@H](O)[C@@H](C)CC=C1. The fourth-order valence-corrected chi connectivity index (χ4v) is 5.43. The number of carbonyl (C=O) groups excluding carboxylic acids is 2. The number of thiazole rings is 1. The van der Waals surface area contributed by atoms with Crippen LogP contribution in [-0.4, -0.2) is 44.2 Å². The predicted octanol–water partition coefficient (Wildman–Crippen LogP) is 4.22. The number of hydrogen-bond donors (Lipinski definition) is 4. The number of nitrogens with zero attached hydrogens (tertiary/aromatic N) is 1. The summed E-state index contributed by atoms with van der Waals surface area (Å²) in [6, 6.07) is 5.44. The zero-order chi connectivity index (χ0) is 26.6. The molecule has 1 aromatic carbocycles. The lowest BCUT2D eigenvalue weighted by atomic mass is 9.73. The van der Waals surface area contributed by atoms with E-state index in [-0.39, 0.29) is 36.7 Å². The number of benzene rings is 1. The molecule has 1 aliphatic rings. The Morgan fingerprint density at radius 1 is 1.17 bits per heavy atom. The van der Waals surface area contributed by atoms with Crippen LogP contribution in [0.4, 0.5) is 0 Å². The minimum Gasteiger partial charge on any atom is -0.392 e. The predicted molar refractivity (Wildman–Crippen MR) is 142 cm³/mol. The van der Waals surface area contributed by atoms with Gasteiger partial charge in [-0.1, -0.05) is 57.6 Å². The lowest BCUT2D eigenvalue weighted by Gasteiger charge is -2.34. The molecule has 36 heavy (non-hydrogen) atoms. The molecule has 8 heteroatoms. The highest BCUT2D eigenvalue weighted by molar-refractivity contribution is 7.18. The molecule has 0 saturated carbocycles. The van der Waals surface area contributed by atoms with E-state index < -0.39 is 23.5 Å². The Labute approximate surface area is 217 Å². The molecule has 1 amide bonds. The zero-order valence-corrected chi connectivity index (χ0v) is 22.5. The van der Waals surface area contributed by atoms with Gasteiger partial charge < -0.3 is 20.6 Å². The third kappa shape index (κ3) is 6.48. The number of hydrogen-bond acceptors (Lipinski definition) is 7. The summed E-state index contributed by atoms with van der Waals surface area (Å²) in [6.07, 6.45) is 4.89. The highest BCUT2D eigenvalue weighted by atomic mass is 32.1. The number of fused-ring (bicyclic) bond motifs is 1. The largest absolute Gasteiger partial charge is 0.392 e. The number of ketones is 1. The summed E-state index contributed by atoms with van der Waals surface area (Å²) in [6.45, 7) is 8.71. The molecule has 7 nitrogen and oxygen atoms in total. The smallest absolute Gasteiger partial charge is 0.223 e. The van der Waals surface area contributed by atoms with E-state index in [1.807, 2.05) is 50.3 Å². The van der Waals surface area contributed by atoms with Crippen LogP contribution in [0.25, 0.3) is 10.2 Å². The van der Waals surface area contributed by atoms with E-state index in [1.54, 1.807) is 20.8 Å². The van der Waals surface area contributed by atoms with Gasteiger partial charge in [0.1, 0.15) is 10.8 Å². The molecular formula is C28H38N2O5S. The molecule has 2 heterocycles. The van der Waals surface area contributed by atoms with Crippen LogP contribution in [0.3, 0.4) is 0 Å². The molecule has 0 bridgehead atoms. The summed E-state index contributed by atoms with van der Waals surface area (Å²) in [5, 5.41) is 34.8. The van der Waals surface area contributed by atoms with Crippen molar-refractivity contribution in [1.82, 2.24) is 10.3 Å². The second kappa shape index (κ2) is 11.8. The van der Waals surface area contributed by atoms with Gasteiger partial charge in [-0.2, -0.15) is 0 Å². The van der Waals surface area contributed by atoms with Crippen LogP contribution in [0.1, 0.15) is 70.5 Å². The molecule has 0 saturated heterocycles. The van der Waals surface area contributed by atoms with E-state index in [0.717, 1.165) is 21.4 Å². The molecule has 0 fully saturated rings. The van der Waals surface area contributed by atoms with Crippen molar-refractivity contribution in [3.05, 3.63) is 52.6 Å². The van der Waals surface area contributed by atoms with Gasteiger partial charge in [0.05, 0.1) is 46.9 Å². The second-order valence-corrected chi connectivity index (χ2v) is 11.6. The molecule has 5 atom stereocenters. The Bertz CT molecular complexity index is 1150. The van der Waals surface area contributed by atoms with Crippen molar-refractivity contribution in [3.63, 3.8) is 0 Å². The standard InChI is InChI=1S/C28H38N2O5S/c1-16-7-6-8-17(2)26(34)18(3)27(35)28(4,5)23(32)14-24(33)29-20(11-9-16)19-10-12-22-21(13-19)30-25(15-31)36-22/h6-7,9-10,12-13,17-18,20,23,26,31-32,34H,8,11,14-15H2,1-5H3,(H,29,33)/t17-,18+,20-,23-,26-/m0/s1. The van der Waals surface area contributed by atoms with E-state index in [1.165, 1.54) is 11.3 Å². The monoisotopic (exact) mass is 514 g/mol. The molecule has 4 N–H and O–H groups in total. The van der Waals surface area contributed by atoms with Gasteiger partial charge in [0.25, 0.3) is 0 Å². The maximum atomic E-state index is 13.2. The van der Waals surface area contributed by atoms with Crippen LogP contribution in [0.15, 0.2) is 42.0 Å². The van der Waals surface area contributed by atoms with Crippen molar-refractivity contribution in [2.75, 3.05) is 0 Å². The first kappa shape index (κ1) is 28.2. The van der Waals surface area contributed by atoms with Crippen molar-refractivity contribution in [3.8, 4) is 0 Å². The van der Waals surface area contributed by atoms with Gasteiger partial charge in [-0.25, -0.2) is 4.98 Å². The minimum absolute atomic E-state index is 0.121. The Morgan fingerprint density at radius 3 is 2.58 bits per heavy atom. The van der Waals surface area contributed by atoms with Crippen LogP contribution in [0, 0.1) is 17.3 Å². The summed E-state index contributed by atoms with van der Waals surface area (Å²) >= 11 is 1.43. The quantitative estimate of drug-likeness (QED) is 0.476. The lowest BCUT2D eigenvalue weighted by molar-refractivity contribution is -0.143. The summed E-state index contributed by atoms with van der Waals surface area (Å²) in [5.41, 5.74) is 1.45. The van der Waals surface area contributed by atoms with Crippen LogP contribution in [0.5, 0.6) is 0 Å². The van der Waals surface area contributed by atoms with Gasteiger partial charge >= 0.3 is 0 Å². The van der Waals surface area contributed by atoms with Crippen molar-refractivity contribution in [2.45, 2.75) is 78.7 Å². The molecule has 2 aromatic rings. The Morgan fingerprint density at radius 2 is 1.89 bits per heavy atom. The molecule has 3 rings (SSSR count). The molecule has 196 valence electrons. The van der Waals surface area contributed by atoms with E-state index in [4.69, 9.17) is 0 Å². The topological polar surface area (TPSA) is 120 Å². The summed E-state index contributed by atoms with van der Waals surface area (Å²) in [4.78, 5) is 30.7. The minimum atomic E-state index is -1.20. The number of rotatable bonds is 2. The first-order valence-corrected chi connectivity index (χ1v) is 13.3. The van der Waals surface area contributed by atoms with Gasteiger partial charge in [-0.15, -0.1) is 11.3 Å². The fraction of sp³-hybridized carbons (Fsp3) is 0.536. The van der Waals surface area contributed by atoms with Gasteiger partial charge in [-0.05, 0) is 43.4 Å². The van der Waals surface area contributed by atoms with E-state index in [2.05, 4.69) is 10.3 Å². The molecule has 0 unspecified atom stereocenters. The molecular weight excluding hydrogens is 476 g/mol. The van der Waals surface area contributed by atoms with Crippen molar-refractivity contribution < 1.29 is 24.9 Å². The summed E-state index contributed by atoms with van der Waals surface area (Å²) < 4.78 is 0.957. The van der Waals surface area contributed by atoms with Gasteiger partial charge in [0, 0.05) is 5.92 Å². The van der Waals surface area contributed by atoms with Gasteiger partial charge in [0.2, 0.25) is 5.91 Å². The first-order chi connectivity index (χ1) is 16.9. The fourth-order valence-electron chi connectivity index (χ4n) is 4.62. The number of aliphatic hydroxyl groups is 3. The van der Waals surface area contributed by atoms with Crippen LogP contribution in [0.2, 0.25) is 0 Å². The maximum Gasteiger partial charge on any atom is 0.223 e. The molecule has 0 aliphatic carbocycles. The normalized spacial score (nSPS) is 28.7. The van der Waals surface area contributed by atoms with E-state index in [9.17, 15) is 24.9 Å². The van der Waals surface area contributed by atoms with Crippen molar-refractivity contribution in [1.29, 1.82) is 0 Å². The Balaban J connectivity index is 1.95. The van der Waals surface area contributed by atoms with E-state index >= 15 is 0 Å². The summed E-state index contributed by atoms with van der Waals surface area (Å²) in [5.74, 6) is -1.44. The lowest BCUT2D eigenvalue weighted by Crippen LogP contribution is -2.46. The number of nitrogens with one attached hydrogen (secondary N) is 1. The van der Waals surface area contributed by atoms with Crippen LogP contribution >= 0.6 is 11.3 Å². The molecule has 1 aromatic heterocycles. The number of carbonyl (C=O) groups is 2. The van der Waals surface area contributed by atoms with Gasteiger partial charge in [0.15, 0.2) is 0 Å². The third-order valence-corrected chi connectivity index (χ3v) is 8.27. The molecule has 1 aliphatic heterocycles. The Hall–Kier alpha value is -2.39. The Kier molecular flexibility index (Phi) is 9.22. The van der Waals surface area contributed by atoms with Crippen LogP contribution < -0.4 is 5.32 Å². The first-order valence-electron chi connectivity index (χ1n) is 12.5. The second-order valence-electron chi connectivity index (χ2n) is 10.5. The number of allylic oxidation sites excluding steroid dienone is 3. The highest BCUT2D eigenvalue weighted by Gasteiger charge is 2.42. The number of aliphatic hydroxyl groups excluding tert-OH is 3. The number of amides is 1. The third-order valence-electron chi connectivity index (χ3n) is 7.25. The molecule has 0 spiro atoms. The number of Topliss-reactive ketones (excluding diaryl/α,β-unsaturated/α-hetero) is 1. The summed E-state index contributed by atoms with van der Waals surface area (Å²) in [7, 11) is 0. The van der Waals surface area contributed by atoms with Crippen molar-refractivity contribution in [2.24, 2.45) is 17.3 Å². The average molecular weight is 515 g/mol. The van der Waals surface area contributed by atoms with Gasteiger partial charge in [-0.3, -0.25) is 9.59 Å². The highest BCUT2D eigenvalue weighted by Crippen LogP contribution is 2.32. The average Bonchev–Trinajstić information content (AvgIpc) is 3.26. The molecule has 0 radical (unpaired) electrons. The number of aromatic nitrogens is 1. The van der Waals surface area contributed by atoms with Crippen LogP contribution in [-0.2, 0) is 16.2 Å².